The average molecular weight is 824 g/mol. The van der Waals surface area contributed by atoms with Gasteiger partial charge in [-0.1, -0.05) is 6.58 Å². The summed E-state index contributed by atoms with van der Waals surface area (Å²) < 4.78 is 70.1. The predicted octanol–water partition coefficient (Wildman–Crippen LogP) is 2.23. The Bertz CT molecular complexity index is 1180. The van der Waals surface area contributed by atoms with Gasteiger partial charge in [0.1, 0.15) is 12.3 Å². The van der Waals surface area contributed by atoms with Gasteiger partial charge in [-0.25, -0.2) is 4.79 Å². The number of nitrogens with one attached hydrogen (secondary N) is 1. The molecule has 0 amide bonds. The molecule has 0 unspecified atom stereocenters. The zero-order valence-electron chi connectivity index (χ0n) is 33.1. The number of esters is 1. The highest BCUT2D eigenvalue weighted by atomic mass is 16.6. The van der Waals surface area contributed by atoms with Crippen LogP contribution in [0.4, 0.5) is 17.1 Å². The van der Waals surface area contributed by atoms with E-state index in [9.17, 15) is 25.0 Å². The molecule has 0 atom stereocenters. The van der Waals surface area contributed by atoms with Gasteiger partial charge in [-0.2, -0.15) is 0 Å². The summed E-state index contributed by atoms with van der Waals surface area (Å²) in [6.07, 6.45) is 0. The molecule has 0 aromatic heterocycles. The largest absolute Gasteiger partial charge is 0.460 e. The van der Waals surface area contributed by atoms with Crippen LogP contribution in [-0.4, -0.2) is 188 Å². The van der Waals surface area contributed by atoms with E-state index in [0.717, 1.165) is 6.07 Å². The molecule has 0 bridgehead atoms. The number of anilines is 1. The van der Waals surface area contributed by atoms with Crippen molar-refractivity contribution >= 4 is 23.0 Å². The number of ether oxygens (including phenoxy) is 13. The fourth-order valence-electron chi connectivity index (χ4n) is 4.03. The van der Waals surface area contributed by atoms with E-state index in [4.69, 9.17) is 61.6 Å². The summed E-state index contributed by atoms with van der Waals surface area (Å²) in [6.45, 7) is 15.8. The molecule has 0 fully saturated rings. The number of hydrogen-bond acceptors (Lipinski definition) is 19. The highest BCUT2D eigenvalue weighted by Crippen LogP contribution is 2.28. The molecular formula is C36H61N3O18. The molecule has 1 rings (SSSR count). The molecule has 1 aromatic rings. The van der Waals surface area contributed by atoms with Crippen molar-refractivity contribution in [2.45, 2.75) is 6.92 Å². The lowest BCUT2D eigenvalue weighted by atomic mass is 10.2. The van der Waals surface area contributed by atoms with Crippen molar-refractivity contribution in [1.29, 1.82) is 0 Å². The van der Waals surface area contributed by atoms with E-state index in [1.165, 1.54) is 12.1 Å². The first-order chi connectivity index (χ1) is 27.8. The molecule has 0 saturated heterocycles. The van der Waals surface area contributed by atoms with E-state index in [0.29, 0.717) is 158 Å². The van der Waals surface area contributed by atoms with Gasteiger partial charge < -0.3 is 66.9 Å². The minimum Gasteiger partial charge on any atom is -0.460 e. The van der Waals surface area contributed by atoms with Crippen LogP contribution in [-0.2, 0) is 66.4 Å². The molecule has 0 aliphatic carbocycles. The van der Waals surface area contributed by atoms with Gasteiger partial charge in [0.05, 0.1) is 174 Å². The zero-order chi connectivity index (χ0) is 41.4. The molecule has 21 nitrogen and oxygen atoms in total. The highest BCUT2D eigenvalue weighted by Gasteiger charge is 2.19. The van der Waals surface area contributed by atoms with E-state index < -0.39 is 15.8 Å². The lowest BCUT2D eigenvalue weighted by Crippen LogP contribution is -2.16. The van der Waals surface area contributed by atoms with Crippen LogP contribution >= 0.6 is 0 Å². The number of benzene rings is 1. The van der Waals surface area contributed by atoms with Crippen LogP contribution in [0.1, 0.15) is 6.92 Å². The number of hydrogen-bond donors (Lipinski definition) is 1. The smallest absolute Gasteiger partial charge is 0.333 e. The average Bonchev–Trinajstić information content (AvgIpc) is 3.19. The van der Waals surface area contributed by atoms with Crippen molar-refractivity contribution in [1.82, 2.24) is 0 Å². The van der Waals surface area contributed by atoms with Crippen LogP contribution in [0.15, 0.2) is 30.4 Å². The molecule has 0 aliphatic heterocycles. The second kappa shape index (κ2) is 38.1. The topological polar surface area (TPSA) is 235 Å². The van der Waals surface area contributed by atoms with Crippen molar-refractivity contribution in [3.8, 4) is 0 Å². The van der Waals surface area contributed by atoms with Gasteiger partial charge in [0, 0.05) is 18.2 Å². The standard InChI is InChI=1S/C36H61N3O18/c1-32(2)36(40)57-30-29-56-28-27-55-26-25-54-24-23-53-22-21-52-20-19-51-18-17-50-16-15-49-14-13-48-12-11-47-10-9-46-8-7-45-6-5-37-34-4-3-33(38(41)42)31-35(34)39(43)44/h3-4,31,37H,1,5-30H2,2H3. The first-order valence-corrected chi connectivity index (χ1v) is 18.7. The first kappa shape index (κ1) is 51.6. The van der Waals surface area contributed by atoms with E-state index >= 15 is 0 Å². The van der Waals surface area contributed by atoms with Gasteiger partial charge in [-0.15, -0.1) is 0 Å². The summed E-state index contributed by atoms with van der Waals surface area (Å²) in [5, 5.41) is 24.8. The van der Waals surface area contributed by atoms with Crippen molar-refractivity contribution < 1.29 is 76.2 Å². The summed E-state index contributed by atoms with van der Waals surface area (Å²) in [6, 6.07) is 3.42. The van der Waals surface area contributed by atoms with Crippen LogP contribution in [0, 0.1) is 20.2 Å². The molecule has 21 heteroatoms. The van der Waals surface area contributed by atoms with Gasteiger partial charge in [-0.3, -0.25) is 20.2 Å². The van der Waals surface area contributed by atoms with E-state index in [-0.39, 0.29) is 36.8 Å². The molecule has 0 spiro atoms. The maximum absolute atomic E-state index is 11.2. The third kappa shape index (κ3) is 32.2. The molecule has 0 heterocycles. The third-order valence-electron chi connectivity index (χ3n) is 6.85. The van der Waals surface area contributed by atoms with Gasteiger partial charge in [0.15, 0.2) is 0 Å². The number of carbonyl (C=O) groups is 1. The number of nitrogens with zero attached hydrogens (tertiary/aromatic N) is 2. The first-order valence-electron chi connectivity index (χ1n) is 18.7. The van der Waals surface area contributed by atoms with Crippen molar-refractivity contribution in [2.24, 2.45) is 0 Å². The molecule has 328 valence electrons. The maximum Gasteiger partial charge on any atom is 0.333 e. The molecule has 57 heavy (non-hydrogen) atoms. The highest BCUT2D eigenvalue weighted by molar-refractivity contribution is 5.86. The summed E-state index contributed by atoms with van der Waals surface area (Å²) in [4.78, 5) is 31.8. The summed E-state index contributed by atoms with van der Waals surface area (Å²) in [5.74, 6) is -0.424. The minimum absolute atomic E-state index is 0.180. The normalized spacial score (nSPS) is 11.2. The minimum atomic E-state index is -0.684. The van der Waals surface area contributed by atoms with Crippen LogP contribution < -0.4 is 5.32 Å². The molecule has 0 aliphatic rings. The molecule has 1 N–H and O–H groups in total. The Balaban J connectivity index is 1.69. The lowest BCUT2D eigenvalue weighted by molar-refractivity contribution is -0.393. The summed E-state index contributed by atoms with van der Waals surface area (Å²) >= 11 is 0. The number of rotatable bonds is 43. The third-order valence-corrected chi connectivity index (χ3v) is 6.85. The molecule has 0 radical (unpaired) electrons. The summed E-state index contributed by atoms with van der Waals surface area (Å²) in [5.41, 5.74) is -0.181. The van der Waals surface area contributed by atoms with E-state index in [2.05, 4.69) is 11.9 Å². The quantitative estimate of drug-likeness (QED) is 0.0327. The van der Waals surface area contributed by atoms with Crippen LogP contribution in [0.2, 0.25) is 0 Å². The van der Waals surface area contributed by atoms with Gasteiger partial charge >= 0.3 is 5.97 Å². The predicted molar refractivity (Wildman–Crippen MR) is 204 cm³/mol. The fourth-order valence-corrected chi connectivity index (χ4v) is 4.03. The Labute approximate surface area is 333 Å². The van der Waals surface area contributed by atoms with Gasteiger partial charge in [0.25, 0.3) is 11.4 Å². The SMILES string of the molecule is C=C(C)C(=O)OCCOCCOCCOCCOCCOCCOCCOCCOCCOCCOCCOCCOCCNc1ccc([N+](=O)[O-])cc1[N+](=O)[O-]. The fraction of sp³-hybridized carbons (Fsp3) is 0.750. The lowest BCUT2D eigenvalue weighted by Gasteiger charge is -2.09. The second-order valence-corrected chi connectivity index (χ2v) is 11.4. The Hall–Kier alpha value is -3.45. The monoisotopic (exact) mass is 823 g/mol. The number of nitro groups is 2. The Morgan fingerprint density at radius 1 is 0.509 bits per heavy atom. The van der Waals surface area contributed by atoms with Crippen molar-refractivity contribution in [3.63, 3.8) is 0 Å². The Morgan fingerprint density at radius 2 is 0.807 bits per heavy atom. The van der Waals surface area contributed by atoms with Gasteiger partial charge in [0.2, 0.25) is 0 Å². The number of non-ortho nitro benzene ring substituents is 1. The Morgan fingerprint density at radius 3 is 1.09 bits per heavy atom. The molecular weight excluding hydrogens is 762 g/mol. The Kier molecular flexibility index (Phi) is 34.5. The van der Waals surface area contributed by atoms with Crippen molar-refractivity contribution in [3.05, 3.63) is 50.6 Å². The zero-order valence-corrected chi connectivity index (χ0v) is 33.1. The number of carbonyl (C=O) groups excluding carboxylic acids is 1. The summed E-state index contributed by atoms with van der Waals surface area (Å²) in [7, 11) is 0. The molecule has 1 aromatic carbocycles. The molecule has 0 saturated carbocycles. The maximum atomic E-state index is 11.2. The van der Waals surface area contributed by atoms with E-state index in [1.807, 2.05) is 0 Å². The number of nitro benzene ring substituents is 2. The van der Waals surface area contributed by atoms with Gasteiger partial charge in [-0.05, 0) is 13.0 Å². The van der Waals surface area contributed by atoms with Crippen molar-refractivity contribution in [2.75, 3.05) is 177 Å². The van der Waals surface area contributed by atoms with Crippen LogP contribution in [0.5, 0.6) is 0 Å². The van der Waals surface area contributed by atoms with E-state index in [1.54, 1.807) is 6.92 Å². The van der Waals surface area contributed by atoms with Crippen LogP contribution in [0.25, 0.3) is 0 Å². The second-order valence-electron chi connectivity index (χ2n) is 11.4. The van der Waals surface area contributed by atoms with Crippen LogP contribution in [0.3, 0.4) is 0 Å².